The zero-order valence-electron chi connectivity index (χ0n) is 25.1. The molecule has 0 fully saturated rings. The first-order valence-corrected chi connectivity index (χ1v) is 17.2. The third-order valence-electron chi connectivity index (χ3n) is 11.0. The van der Waals surface area contributed by atoms with E-state index in [9.17, 15) is 0 Å². The van der Waals surface area contributed by atoms with E-state index in [4.69, 9.17) is 0 Å². The van der Waals surface area contributed by atoms with Gasteiger partial charge < -0.3 is 0 Å². The Kier molecular flexibility index (Phi) is 4.91. The Morgan fingerprint density at radius 1 is 0.522 bits per heavy atom. The van der Waals surface area contributed by atoms with Crippen LogP contribution in [0.25, 0.3) is 61.4 Å². The van der Waals surface area contributed by atoms with Gasteiger partial charge in [-0.1, -0.05) is 140 Å². The molecule has 7 aromatic carbocycles. The monoisotopic (exact) mass is 600 g/mol. The van der Waals surface area contributed by atoms with Crippen LogP contribution in [0.1, 0.15) is 45.1 Å². The molecule has 0 saturated carbocycles. The molecule has 1 heteroatoms. The summed E-state index contributed by atoms with van der Waals surface area (Å²) in [5.41, 5.74) is 18.9. The Hall–Kier alpha value is -5.11. The fourth-order valence-electron chi connectivity index (χ4n) is 9.13. The number of hydrogen-bond donors (Lipinski definition) is 0. The van der Waals surface area contributed by atoms with Gasteiger partial charge in [0, 0.05) is 10.1 Å². The molecule has 0 saturated heterocycles. The summed E-state index contributed by atoms with van der Waals surface area (Å²) in [4.78, 5) is 1.39. The highest BCUT2D eigenvalue weighted by Crippen LogP contribution is 2.64. The van der Waals surface area contributed by atoms with Crippen LogP contribution in [0.2, 0.25) is 0 Å². The van der Waals surface area contributed by atoms with Crippen LogP contribution in [0.4, 0.5) is 0 Å². The highest BCUT2D eigenvalue weighted by atomic mass is 32.2. The van der Waals surface area contributed by atoms with Crippen molar-refractivity contribution in [1.29, 1.82) is 0 Å². The first-order chi connectivity index (χ1) is 22.8. The van der Waals surface area contributed by atoms with E-state index in [1.807, 2.05) is 11.8 Å². The molecule has 7 aromatic rings. The van der Waals surface area contributed by atoms with Gasteiger partial charge >= 0.3 is 0 Å². The predicted octanol–water partition coefficient (Wildman–Crippen LogP) is 12.1. The molecule has 0 amide bonds. The lowest BCUT2D eigenvalue weighted by Crippen LogP contribution is -2.25. The molecule has 0 N–H and O–H groups in total. The Labute approximate surface area is 273 Å². The minimum atomic E-state index is -0.357. The minimum Gasteiger partial charge on any atom is -0.117 e. The van der Waals surface area contributed by atoms with Gasteiger partial charge in [0.05, 0.1) is 5.41 Å². The van der Waals surface area contributed by atoms with Crippen molar-refractivity contribution in [2.24, 2.45) is 0 Å². The Morgan fingerprint density at radius 3 is 2.09 bits per heavy atom. The normalized spacial score (nSPS) is 16.8. The van der Waals surface area contributed by atoms with Crippen molar-refractivity contribution in [1.82, 2.24) is 0 Å². The number of rotatable bonds is 1. The first-order valence-electron chi connectivity index (χ1n) is 16.3. The summed E-state index contributed by atoms with van der Waals surface area (Å²) in [7, 11) is 0. The molecule has 1 atom stereocenters. The van der Waals surface area contributed by atoms with Gasteiger partial charge in [0.15, 0.2) is 0 Å². The fraction of sp³-hybridized carbons (Fsp3) is 0.0667. The van der Waals surface area contributed by atoms with Crippen molar-refractivity contribution < 1.29 is 0 Å². The van der Waals surface area contributed by atoms with Gasteiger partial charge in [-0.25, -0.2) is 0 Å². The van der Waals surface area contributed by atoms with E-state index in [-0.39, 0.29) is 5.41 Å². The maximum absolute atomic E-state index is 2.52. The number of hydrogen-bond acceptors (Lipinski definition) is 1. The van der Waals surface area contributed by atoms with Crippen LogP contribution < -0.4 is 0 Å². The molecule has 214 valence electrons. The average molecular weight is 601 g/mol. The molecule has 0 bridgehead atoms. The minimum absolute atomic E-state index is 0.357. The standard InChI is InChI=1S/C45H28S/c1-2-12-31-27(9-1)21-24-39-44(31)36-23-20-29(25-40(36)45(39)37-16-5-3-13-32(37)33-14-4-6-17-38(33)45)30-19-22-34-35-15-7-10-28-11-8-18-41(43(28)35)46-42(34)26-30/h1-17,19-26,41H,18H2. The van der Waals surface area contributed by atoms with Crippen LogP contribution in [0.3, 0.4) is 0 Å². The van der Waals surface area contributed by atoms with Crippen molar-refractivity contribution in [3.05, 3.63) is 179 Å². The second-order valence-corrected chi connectivity index (χ2v) is 14.3. The average Bonchev–Trinajstić information content (AvgIpc) is 3.59. The van der Waals surface area contributed by atoms with E-state index in [0.717, 1.165) is 6.42 Å². The predicted molar refractivity (Wildman–Crippen MR) is 193 cm³/mol. The van der Waals surface area contributed by atoms with Gasteiger partial charge in [-0.15, -0.1) is 11.8 Å². The zero-order valence-corrected chi connectivity index (χ0v) is 25.9. The third kappa shape index (κ3) is 3.07. The Balaban J connectivity index is 1.17. The number of allylic oxidation sites excluding steroid dienone is 1. The molecule has 0 radical (unpaired) electrons. The van der Waals surface area contributed by atoms with Crippen LogP contribution >= 0.6 is 11.8 Å². The number of fused-ring (bicyclic) bond motifs is 14. The highest BCUT2D eigenvalue weighted by molar-refractivity contribution is 7.99. The van der Waals surface area contributed by atoms with E-state index in [1.54, 1.807) is 0 Å². The maximum Gasteiger partial charge on any atom is 0.0725 e. The number of thioether (sulfide) groups is 1. The molecule has 46 heavy (non-hydrogen) atoms. The summed E-state index contributed by atoms with van der Waals surface area (Å²) in [5, 5.41) is 3.11. The molecule has 1 heterocycles. The van der Waals surface area contributed by atoms with Gasteiger partial charge in [0.25, 0.3) is 0 Å². The van der Waals surface area contributed by atoms with Crippen molar-refractivity contribution in [2.75, 3.05) is 0 Å². The summed E-state index contributed by atoms with van der Waals surface area (Å²) in [6.45, 7) is 0. The second kappa shape index (κ2) is 9.00. The molecular formula is C45H28S. The smallest absolute Gasteiger partial charge is 0.0725 e. The fourth-order valence-corrected chi connectivity index (χ4v) is 10.5. The van der Waals surface area contributed by atoms with Crippen molar-refractivity contribution in [3.63, 3.8) is 0 Å². The van der Waals surface area contributed by atoms with E-state index >= 15 is 0 Å². The lowest BCUT2D eigenvalue weighted by molar-refractivity contribution is 0.795. The summed E-state index contributed by atoms with van der Waals surface area (Å²) in [6, 6.07) is 53.1. The van der Waals surface area contributed by atoms with Crippen LogP contribution in [0, 0.1) is 0 Å². The van der Waals surface area contributed by atoms with Crippen molar-refractivity contribution >= 4 is 28.6 Å². The molecule has 1 unspecified atom stereocenters. The summed E-state index contributed by atoms with van der Waals surface area (Å²) < 4.78 is 0. The first kappa shape index (κ1) is 25.1. The second-order valence-electron chi connectivity index (χ2n) is 13.1. The molecule has 11 rings (SSSR count). The van der Waals surface area contributed by atoms with Crippen LogP contribution in [0.15, 0.2) is 150 Å². The molecule has 1 spiro atoms. The van der Waals surface area contributed by atoms with Gasteiger partial charge in [-0.3, -0.25) is 0 Å². The lowest BCUT2D eigenvalue weighted by Gasteiger charge is -2.31. The van der Waals surface area contributed by atoms with Crippen LogP contribution in [-0.2, 0) is 5.41 Å². The van der Waals surface area contributed by atoms with Crippen LogP contribution in [-0.4, -0.2) is 0 Å². The number of benzene rings is 7. The zero-order chi connectivity index (χ0) is 30.0. The molecule has 0 aromatic heterocycles. The molecular weight excluding hydrogens is 573 g/mol. The van der Waals surface area contributed by atoms with Gasteiger partial charge in [0.1, 0.15) is 0 Å². The summed E-state index contributed by atoms with van der Waals surface area (Å²) in [5.74, 6) is 0. The van der Waals surface area contributed by atoms with E-state index in [0.29, 0.717) is 5.25 Å². The topological polar surface area (TPSA) is 0 Å². The van der Waals surface area contributed by atoms with Gasteiger partial charge in [-0.2, -0.15) is 0 Å². The Morgan fingerprint density at radius 2 is 1.24 bits per heavy atom. The SMILES string of the molecule is C1=Cc2cccc3c2C(C1)Sc1cc(-c2ccc4c(c2)C2(c5ccccc5-c5ccccc52)c2ccc5ccccc5c2-4)ccc1-3. The van der Waals surface area contributed by atoms with E-state index in [2.05, 4.69) is 152 Å². The van der Waals surface area contributed by atoms with Gasteiger partial charge in [0.2, 0.25) is 0 Å². The Bertz CT molecular complexity index is 2450. The molecule has 3 aliphatic carbocycles. The van der Waals surface area contributed by atoms with Crippen molar-refractivity contribution in [2.45, 2.75) is 22.0 Å². The van der Waals surface area contributed by atoms with Crippen molar-refractivity contribution in [3.8, 4) is 44.5 Å². The summed E-state index contributed by atoms with van der Waals surface area (Å²) >= 11 is 2.04. The molecule has 4 aliphatic rings. The highest BCUT2D eigenvalue weighted by Gasteiger charge is 2.52. The largest absolute Gasteiger partial charge is 0.117 e. The van der Waals surface area contributed by atoms with E-state index in [1.165, 1.54) is 93.6 Å². The lowest BCUT2D eigenvalue weighted by atomic mass is 9.70. The van der Waals surface area contributed by atoms with Gasteiger partial charge in [-0.05, 0) is 107 Å². The quantitative estimate of drug-likeness (QED) is 0.181. The third-order valence-corrected chi connectivity index (χ3v) is 12.3. The maximum atomic E-state index is 2.52. The molecule has 0 nitrogen and oxygen atoms in total. The molecule has 1 aliphatic heterocycles. The van der Waals surface area contributed by atoms with E-state index < -0.39 is 0 Å². The van der Waals surface area contributed by atoms with Crippen LogP contribution in [0.5, 0.6) is 0 Å². The summed E-state index contributed by atoms with van der Waals surface area (Å²) in [6.07, 6.45) is 5.73.